The van der Waals surface area contributed by atoms with Crippen molar-refractivity contribution in [3.05, 3.63) is 104 Å². The van der Waals surface area contributed by atoms with Crippen molar-refractivity contribution in [3.8, 4) is 0 Å². The molecule has 0 amide bonds. The molecule has 37 heavy (non-hydrogen) atoms. The lowest BCUT2D eigenvalue weighted by Gasteiger charge is -2.26. The first-order chi connectivity index (χ1) is 17.8. The number of nitrogens with zero attached hydrogens (tertiary/aromatic N) is 1. The molecule has 9 heteroatoms. The van der Waals surface area contributed by atoms with Gasteiger partial charge in [0.25, 0.3) is 5.56 Å². The number of hydrogen-bond acceptors (Lipinski definition) is 7. The molecule has 2 aromatic rings. The van der Waals surface area contributed by atoms with Crippen LogP contribution < -0.4 is 20.1 Å². The molecule has 0 aliphatic carbocycles. The number of allylic oxidation sites excluding steroid dienone is 3. The van der Waals surface area contributed by atoms with E-state index in [2.05, 4.69) is 16.9 Å². The fourth-order valence-corrected chi connectivity index (χ4v) is 3.76. The Bertz CT molecular complexity index is 1290. The van der Waals surface area contributed by atoms with Crippen LogP contribution in [0.1, 0.15) is 32.8 Å². The van der Waals surface area contributed by atoms with Crippen LogP contribution in [0.2, 0.25) is 0 Å². The number of thiazole rings is 1. The highest BCUT2D eigenvalue weighted by atomic mass is 32.1. The predicted molar refractivity (Wildman–Crippen MR) is 151 cm³/mol. The van der Waals surface area contributed by atoms with E-state index in [1.807, 2.05) is 30.9 Å². The topological polar surface area (TPSA) is 109 Å². The number of benzene rings is 1. The van der Waals surface area contributed by atoms with Crippen LogP contribution in [0.5, 0.6) is 0 Å². The summed E-state index contributed by atoms with van der Waals surface area (Å²) in [6.07, 6.45) is 14.5. The molecule has 7 nitrogen and oxygen atoms in total. The molecular formula is C28H35FN4O3S. The van der Waals surface area contributed by atoms with Crippen molar-refractivity contribution in [2.45, 2.75) is 33.7 Å². The maximum Gasteiger partial charge on any atom is 0.266 e. The van der Waals surface area contributed by atoms with Crippen LogP contribution in [-0.2, 0) is 11.3 Å². The number of H-pyrrole nitrogens is 1. The largest absolute Gasteiger partial charge is 0.513 e. The zero-order valence-corrected chi connectivity index (χ0v) is 22.2. The minimum atomic E-state index is -0.278. The van der Waals surface area contributed by atoms with Crippen LogP contribution in [0.15, 0.2) is 77.6 Å². The van der Waals surface area contributed by atoms with Gasteiger partial charge in [-0.1, -0.05) is 50.8 Å². The lowest BCUT2D eigenvalue weighted by atomic mass is 10.1. The van der Waals surface area contributed by atoms with Gasteiger partial charge in [-0.15, -0.1) is 11.3 Å². The molecule has 0 unspecified atom stereocenters. The Labute approximate surface area is 220 Å². The molecule has 1 aromatic carbocycles. The quantitative estimate of drug-likeness (QED) is 0.257. The lowest BCUT2D eigenvalue weighted by molar-refractivity contribution is -0.110. The van der Waals surface area contributed by atoms with Crippen molar-refractivity contribution in [1.29, 1.82) is 5.41 Å². The maximum atomic E-state index is 14.1. The zero-order valence-electron chi connectivity index (χ0n) is 21.4. The van der Waals surface area contributed by atoms with Crippen molar-refractivity contribution >= 4 is 36.1 Å². The molecule has 1 aromatic heterocycles. The molecule has 0 fully saturated rings. The molecule has 1 aliphatic rings. The molecule has 0 saturated heterocycles. The van der Waals surface area contributed by atoms with Gasteiger partial charge in [0, 0.05) is 30.8 Å². The van der Waals surface area contributed by atoms with Crippen LogP contribution in [-0.4, -0.2) is 34.0 Å². The number of rotatable bonds is 6. The average Bonchev–Trinajstić information content (AvgIpc) is 3.22. The van der Waals surface area contributed by atoms with E-state index in [0.29, 0.717) is 33.5 Å². The highest BCUT2D eigenvalue weighted by Gasteiger charge is 2.13. The molecule has 0 spiro atoms. The Morgan fingerprint density at radius 2 is 2.03 bits per heavy atom. The number of carbonyl (C=O) groups is 1. The normalized spacial score (nSPS) is 17.3. The van der Waals surface area contributed by atoms with E-state index in [4.69, 9.17) is 5.41 Å². The third kappa shape index (κ3) is 11.5. The summed E-state index contributed by atoms with van der Waals surface area (Å²) in [6.45, 7) is 9.91. The molecule has 0 atom stereocenters. The first kappa shape index (κ1) is 31.1. The monoisotopic (exact) mass is 526 g/mol. The molecule has 2 heterocycles. The summed E-state index contributed by atoms with van der Waals surface area (Å²) >= 11 is 1.31. The van der Waals surface area contributed by atoms with Crippen molar-refractivity contribution in [2.24, 2.45) is 5.92 Å². The highest BCUT2D eigenvalue weighted by Crippen LogP contribution is 2.19. The Kier molecular flexibility index (Phi) is 14.6. The number of aromatic nitrogens is 1. The van der Waals surface area contributed by atoms with Crippen LogP contribution >= 0.6 is 11.3 Å². The van der Waals surface area contributed by atoms with E-state index >= 15 is 0 Å². The second-order valence-electron chi connectivity index (χ2n) is 8.02. The number of nitrogens with one attached hydrogen (secondary N) is 3. The molecular weight excluding hydrogens is 491 g/mol. The summed E-state index contributed by atoms with van der Waals surface area (Å²) in [5, 5.41) is 18.7. The number of aliphatic hydroxyl groups excluding tert-OH is 1. The predicted octanol–water partition coefficient (Wildman–Crippen LogP) is 4.11. The van der Waals surface area contributed by atoms with Crippen molar-refractivity contribution < 1.29 is 14.3 Å². The van der Waals surface area contributed by atoms with Gasteiger partial charge >= 0.3 is 0 Å². The second-order valence-corrected chi connectivity index (χ2v) is 9.10. The first-order valence-corrected chi connectivity index (χ1v) is 12.5. The van der Waals surface area contributed by atoms with Crippen molar-refractivity contribution in [2.75, 3.05) is 6.54 Å². The van der Waals surface area contributed by atoms with Crippen LogP contribution in [0.25, 0.3) is 12.3 Å². The molecule has 1 aliphatic heterocycles. The number of aliphatic hydroxyl groups is 1. The number of aromatic amines is 1. The van der Waals surface area contributed by atoms with Crippen LogP contribution in [0.4, 0.5) is 4.39 Å². The minimum Gasteiger partial charge on any atom is -0.513 e. The van der Waals surface area contributed by atoms with Crippen molar-refractivity contribution in [3.63, 3.8) is 0 Å². The Morgan fingerprint density at radius 3 is 2.62 bits per heavy atom. The SMILES string of the molecule is C=CN/C=c1\[nH]c(=O)/c(=C/C2=C/C(=C/O)N(Cc3ccccc3F)CC/C=C\2)s1.CC(C)C=O.CC=N. The molecule has 3 rings (SSSR count). The molecule has 4 N–H and O–H groups in total. The third-order valence-electron chi connectivity index (χ3n) is 4.59. The van der Waals surface area contributed by atoms with E-state index in [1.165, 1.54) is 29.8 Å². The third-order valence-corrected chi connectivity index (χ3v) is 5.55. The first-order valence-electron chi connectivity index (χ1n) is 11.7. The standard InChI is InChI=1S/C22H22FN3O2S.C4H8O.C2H5N/c1-2-24-13-21-25-22(28)20(29-21)12-16-7-5-6-10-26(18(11-16)15-27)14-17-8-3-4-9-19(17)23;1-4(2)3-5;1-2-3/h2-5,7-9,11-13,15,24,27H,1,6,10,14H2,(H,25,28);3-4H,1-2H3;2-3H,1H3/b7-5-,16-11+,18-15-,20-12-,21-13+;;. The number of halogens is 1. The average molecular weight is 527 g/mol. The summed E-state index contributed by atoms with van der Waals surface area (Å²) in [4.78, 5) is 26.4. The molecule has 198 valence electrons. The van der Waals surface area contributed by atoms with Crippen LogP contribution in [0.3, 0.4) is 0 Å². The molecule has 0 bridgehead atoms. The highest BCUT2D eigenvalue weighted by molar-refractivity contribution is 7.07. The summed E-state index contributed by atoms with van der Waals surface area (Å²) in [6, 6.07) is 6.60. The fraction of sp³-hybridized carbons (Fsp3) is 0.250. The lowest BCUT2D eigenvalue weighted by Crippen LogP contribution is -2.24. The van der Waals surface area contributed by atoms with E-state index in [-0.39, 0.29) is 17.3 Å². The van der Waals surface area contributed by atoms with E-state index in [0.717, 1.165) is 24.5 Å². The van der Waals surface area contributed by atoms with Gasteiger partial charge < -0.3 is 30.5 Å². The van der Waals surface area contributed by atoms with Gasteiger partial charge in [0.2, 0.25) is 0 Å². The molecule has 0 saturated carbocycles. The maximum absolute atomic E-state index is 14.1. The fourth-order valence-electron chi connectivity index (χ4n) is 2.91. The molecule has 0 radical (unpaired) electrons. The minimum absolute atomic E-state index is 0.193. The number of aldehydes is 1. The van der Waals surface area contributed by atoms with Crippen LogP contribution in [0, 0.1) is 17.1 Å². The van der Waals surface area contributed by atoms with E-state index in [1.54, 1.807) is 43.5 Å². The van der Waals surface area contributed by atoms with Crippen molar-refractivity contribution in [1.82, 2.24) is 15.2 Å². The van der Waals surface area contributed by atoms with Gasteiger partial charge in [-0.3, -0.25) is 4.79 Å². The van der Waals surface area contributed by atoms with Gasteiger partial charge in [-0.25, -0.2) is 4.39 Å². The number of carbonyl (C=O) groups excluding carboxylic acids is 1. The Balaban J connectivity index is 0.000000751. The zero-order chi connectivity index (χ0) is 27.6. The summed E-state index contributed by atoms with van der Waals surface area (Å²) < 4.78 is 15.3. The second kappa shape index (κ2) is 17.4. The van der Waals surface area contributed by atoms with Gasteiger partial charge in [0.1, 0.15) is 23.0 Å². The van der Waals surface area contributed by atoms with Gasteiger partial charge in [0.05, 0.1) is 10.2 Å². The Morgan fingerprint density at radius 1 is 1.35 bits per heavy atom. The smallest absolute Gasteiger partial charge is 0.266 e. The van der Waals surface area contributed by atoms with E-state index < -0.39 is 0 Å². The Hall–Kier alpha value is -3.98. The van der Waals surface area contributed by atoms with Gasteiger partial charge in [0.15, 0.2) is 0 Å². The summed E-state index contributed by atoms with van der Waals surface area (Å²) in [5.41, 5.74) is 1.68. The number of hydrogen-bond donors (Lipinski definition) is 4. The van der Waals surface area contributed by atoms with Gasteiger partial charge in [-0.2, -0.15) is 0 Å². The summed E-state index contributed by atoms with van der Waals surface area (Å²) in [7, 11) is 0. The van der Waals surface area contributed by atoms with E-state index in [9.17, 15) is 19.1 Å². The summed E-state index contributed by atoms with van der Waals surface area (Å²) in [5.74, 6) is -0.0739. The van der Waals surface area contributed by atoms with Gasteiger partial charge in [-0.05, 0) is 49.6 Å².